The standard InChI is InChI=1S/C20H19N7O.CH5N/c1-2-4-13(5-3-1)17-10-15(28-27-17)12-22-20-21-9-8-18(24-20)23-19-11-16(25-26-19)14-6-7-14;1-2/h1-5,8-11,14H,6-7,12H2,(H3,21,22,23,24,25,26);2H2,1H3. The van der Waals surface area contributed by atoms with Gasteiger partial charge in [0.2, 0.25) is 5.95 Å². The summed E-state index contributed by atoms with van der Waals surface area (Å²) in [6.45, 7) is 0.442. The molecule has 3 aromatic heterocycles. The third-order valence-corrected chi connectivity index (χ3v) is 4.58. The topological polar surface area (TPSA) is 131 Å². The molecule has 0 atom stereocenters. The first-order chi connectivity index (χ1) is 14.8. The molecule has 0 amide bonds. The lowest BCUT2D eigenvalue weighted by Crippen LogP contribution is -2.04. The summed E-state index contributed by atoms with van der Waals surface area (Å²) in [6.07, 6.45) is 4.16. The second kappa shape index (κ2) is 9.19. The summed E-state index contributed by atoms with van der Waals surface area (Å²) in [6, 6.07) is 15.7. The average Bonchev–Trinajstić information content (AvgIpc) is 3.36. The molecule has 1 fully saturated rings. The van der Waals surface area contributed by atoms with Crippen LogP contribution in [0.4, 0.5) is 17.6 Å². The maximum atomic E-state index is 5.40. The molecule has 9 heteroatoms. The van der Waals surface area contributed by atoms with Crippen molar-refractivity contribution in [2.45, 2.75) is 25.3 Å². The van der Waals surface area contributed by atoms with Crippen molar-refractivity contribution in [3.8, 4) is 11.3 Å². The third kappa shape index (κ3) is 4.81. The van der Waals surface area contributed by atoms with Gasteiger partial charge < -0.3 is 20.9 Å². The van der Waals surface area contributed by atoms with Gasteiger partial charge in [0, 0.05) is 35.5 Å². The number of anilines is 3. The summed E-state index contributed by atoms with van der Waals surface area (Å²) in [4.78, 5) is 8.72. The van der Waals surface area contributed by atoms with Crippen molar-refractivity contribution in [3.05, 3.63) is 66.2 Å². The van der Waals surface area contributed by atoms with Gasteiger partial charge >= 0.3 is 0 Å². The van der Waals surface area contributed by atoms with Crippen molar-refractivity contribution in [2.24, 2.45) is 5.73 Å². The number of nitrogens with zero attached hydrogens (tertiary/aromatic N) is 4. The number of aromatic nitrogens is 5. The normalized spacial score (nSPS) is 12.7. The van der Waals surface area contributed by atoms with Crippen LogP contribution in [0.2, 0.25) is 0 Å². The van der Waals surface area contributed by atoms with Crippen LogP contribution in [-0.4, -0.2) is 32.4 Å². The lowest BCUT2D eigenvalue weighted by Gasteiger charge is -2.05. The molecule has 0 aliphatic heterocycles. The van der Waals surface area contributed by atoms with Crippen LogP contribution in [0.3, 0.4) is 0 Å². The number of nitrogens with two attached hydrogens (primary N) is 1. The molecular weight excluding hydrogens is 380 g/mol. The molecule has 5 rings (SSSR count). The minimum Gasteiger partial charge on any atom is -0.359 e. The van der Waals surface area contributed by atoms with Crippen molar-refractivity contribution >= 4 is 17.6 Å². The van der Waals surface area contributed by atoms with E-state index < -0.39 is 0 Å². The van der Waals surface area contributed by atoms with Crippen LogP contribution < -0.4 is 16.4 Å². The SMILES string of the molecule is CN.c1ccc(-c2cc(CNc3nccc(Nc4cc(C5CC5)[nH]n4)n3)on2)cc1. The van der Waals surface area contributed by atoms with Crippen LogP contribution >= 0.6 is 0 Å². The van der Waals surface area contributed by atoms with E-state index in [1.54, 1.807) is 12.3 Å². The molecule has 0 spiro atoms. The Bertz CT molecular complexity index is 1070. The van der Waals surface area contributed by atoms with Gasteiger partial charge in [0.25, 0.3) is 0 Å². The van der Waals surface area contributed by atoms with E-state index in [4.69, 9.17) is 4.52 Å². The quantitative estimate of drug-likeness (QED) is 0.367. The molecule has 4 aromatic rings. The fourth-order valence-electron chi connectivity index (χ4n) is 2.96. The molecule has 0 bridgehead atoms. The zero-order chi connectivity index (χ0) is 20.8. The van der Waals surface area contributed by atoms with E-state index in [1.165, 1.54) is 25.6 Å². The second-order valence-electron chi connectivity index (χ2n) is 6.77. The Morgan fingerprint density at radius 1 is 1.10 bits per heavy atom. The molecule has 1 aliphatic carbocycles. The summed E-state index contributed by atoms with van der Waals surface area (Å²) in [5, 5.41) is 17.8. The molecule has 154 valence electrons. The van der Waals surface area contributed by atoms with Crippen molar-refractivity contribution in [1.29, 1.82) is 0 Å². The maximum absolute atomic E-state index is 5.40. The highest BCUT2D eigenvalue weighted by molar-refractivity contribution is 5.58. The molecule has 0 unspecified atom stereocenters. The van der Waals surface area contributed by atoms with Gasteiger partial charge in [-0.1, -0.05) is 35.5 Å². The van der Waals surface area contributed by atoms with Crippen LogP contribution in [0.5, 0.6) is 0 Å². The highest BCUT2D eigenvalue weighted by Gasteiger charge is 2.25. The molecular formula is C21H24N8O. The zero-order valence-corrected chi connectivity index (χ0v) is 16.7. The summed E-state index contributed by atoms with van der Waals surface area (Å²) in [5.41, 5.74) is 7.50. The summed E-state index contributed by atoms with van der Waals surface area (Å²) < 4.78 is 5.40. The highest BCUT2D eigenvalue weighted by atomic mass is 16.5. The fraction of sp³-hybridized carbons (Fsp3) is 0.238. The van der Waals surface area contributed by atoms with E-state index in [0.29, 0.717) is 30.0 Å². The average molecular weight is 404 g/mol. The summed E-state index contributed by atoms with van der Waals surface area (Å²) in [7, 11) is 1.50. The third-order valence-electron chi connectivity index (χ3n) is 4.58. The number of rotatable bonds is 7. The molecule has 5 N–H and O–H groups in total. The fourth-order valence-corrected chi connectivity index (χ4v) is 2.96. The van der Waals surface area contributed by atoms with Crippen LogP contribution in [0, 0.1) is 0 Å². The predicted octanol–water partition coefficient (Wildman–Crippen LogP) is 3.66. The van der Waals surface area contributed by atoms with E-state index in [1.807, 2.05) is 42.5 Å². The lowest BCUT2D eigenvalue weighted by molar-refractivity contribution is 0.390. The molecule has 0 radical (unpaired) electrons. The molecule has 1 saturated carbocycles. The lowest BCUT2D eigenvalue weighted by atomic mass is 10.1. The monoisotopic (exact) mass is 404 g/mol. The molecule has 1 aromatic carbocycles. The van der Waals surface area contributed by atoms with E-state index in [-0.39, 0.29) is 0 Å². The molecule has 0 saturated heterocycles. The van der Waals surface area contributed by atoms with Crippen molar-refractivity contribution < 1.29 is 4.52 Å². The first-order valence-electron chi connectivity index (χ1n) is 9.81. The van der Waals surface area contributed by atoms with Crippen molar-refractivity contribution in [3.63, 3.8) is 0 Å². The summed E-state index contributed by atoms with van der Waals surface area (Å²) >= 11 is 0. The predicted molar refractivity (Wildman–Crippen MR) is 115 cm³/mol. The summed E-state index contributed by atoms with van der Waals surface area (Å²) in [5.74, 6) is 3.28. The largest absolute Gasteiger partial charge is 0.359 e. The van der Waals surface area contributed by atoms with Gasteiger partial charge in [0.15, 0.2) is 11.6 Å². The van der Waals surface area contributed by atoms with Crippen LogP contribution in [0.25, 0.3) is 11.3 Å². The van der Waals surface area contributed by atoms with E-state index in [2.05, 4.69) is 41.7 Å². The van der Waals surface area contributed by atoms with Gasteiger partial charge in [0.05, 0.1) is 6.54 Å². The van der Waals surface area contributed by atoms with Crippen LogP contribution in [-0.2, 0) is 6.54 Å². The van der Waals surface area contributed by atoms with Gasteiger partial charge in [-0.05, 0) is 26.0 Å². The van der Waals surface area contributed by atoms with Gasteiger partial charge in [-0.3, -0.25) is 5.10 Å². The minimum atomic E-state index is 0.442. The smallest absolute Gasteiger partial charge is 0.224 e. The van der Waals surface area contributed by atoms with Crippen LogP contribution in [0.15, 0.2) is 59.3 Å². The number of benzene rings is 1. The minimum absolute atomic E-state index is 0.442. The van der Waals surface area contributed by atoms with Gasteiger partial charge in [-0.25, -0.2) is 4.98 Å². The van der Waals surface area contributed by atoms with Crippen LogP contribution in [0.1, 0.15) is 30.2 Å². The van der Waals surface area contributed by atoms with Gasteiger partial charge in [0.1, 0.15) is 11.5 Å². The first-order valence-corrected chi connectivity index (χ1v) is 9.81. The Labute approximate surface area is 174 Å². The van der Waals surface area contributed by atoms with E-state index >= 15 is 0 Å². The zero-order valence-electron chi connectivity index (χ0n) is 16.7. The number of aromatic amines is 1. The Balaban J connectivity index is 0.00000106. The molecule has 1 aliphatic rings. The molecule has 3 heterocycles. The maximum Gasteiger partial charge on any atom is 0.224 e. The van der Waals surface area contributed by atoms with Crippen molar-refractivity contribution in [1.82, 2.24) is 25.3 Å². The Hall–Kier alpha value is -3.72. The Kier molecular flexibility index (Phi) is 6.00. The van der Waals surface area contributed by atoms with Crippen molar-refractivity contribution in [2.75, 3.05) is 17.7 Å². The van der Waals surface area contributed by atoms with Gasteiger partial charge in [-0.15, -0.1) is 0 Å². The van der Waals surface area contributed by atoms with E-state index in [0.717, 1.165) is 17.1 Å². The number of hydrogen-bond acceptors (Lipinski definition) is 8. The molecule has 9 nitrogen and oxygen atoms in total. The first kappa shape index (κ1) is 19.6. The Morgan fingerprint density at radius 3 is 2.73 bits per heavy atom. The van der Waals surface area contributed by atoms with Gasteiger partial charge in [-0.2, -0.15) is 10.1 Å². The highest BCUT2D eigenvalue weighted by Crippen LogP contribution is 2.39. The number of H-pyrrole nitrogens is 1. The van der Waals surface area contributed by atoms with E-state index in [9.17, 15) is 0 Å². The molecule has 30 heavy (non-hydrogen) atoms. The number of hydrogen-bond donors (Lipinski definition) is 4. The Morgan fingerprint density at radius 2 is 1.93 bits per heavy atom. The second-order valence-corrected chi connectivity index (χ2v) is 6.77. The number of nitrogens with one attached hydrogen (secondary N) is 3.